The maximum atomic E-state index is 11.3. The van der Waals surface area contributed by atoms with Crippen LogP contribution < -0.4 is 5.32 Å². The molecular weight excluding hydrogens is 192 g/mol. The van der Waals surface area contributed by atoms with Crippen LogP contribution in [0.15, 0.2) is 42.7 Å². The SMILES string of the molecule is C=CNC(=O)C(=C=O)Cc1ccccn1. The molecule has 0 fully saturated rings. The summed E-state index contributed by atoms with van der Waals surface area (Å²) in [6, 6.07) is 5.28. The number of nitrogens with zero attached hydrogens (tertiary/aromatic N) is 1. The summed E-state index contributed by atoms with van der Waals surface area (Å²) in [7, 11) is 0. The lowest BCUT2D eigenvalue weighted by atomic mass is 10.1. The van der Waals surface area contributed by atoms with E-state index in [2.05, 4.69) is 16.9 Å². The van der Waals surface area contributed by atoms with Crippen molar-refractivity contribution in [1.82, 2.24) is 10.3 Å². The van der Waals surface area contributed by atoms with E-state index >= 15 is 0 Å². The molecular formula is C11H10N2O2. The molecule has 15 heavy (non-hydrogen) atoms. The predicted octanol–water partition coefficient (Wildman–Crippen LogP) is 0.642. The number of aromatic nitrogens is 1. The predicted molar refractivity (Wildman–Crippen MR) is 55.5 cm³/mol. The summed E-state index contributed by atoms with van der Waals surface area (Å²) < 4.78 is 0. The van der Waals surface area contributed by atoms with Crippen molar-refractivity contribution in [3.05, 3.63) is 48.4 Å². The third kappa shape index (κ3) is 3.21. The van der Waals surface area contributed by atoms with Crippen molar-refractivity contribution < 1.29 is 9.59 Å². The lowest BCUT2D eigenvalue weighted by Gasteiger charge is -2.01. The van der Waals surface area contributed by atoms with Crippen LogP contribution in [-0.2, 0) is 16.0 Å². The Hall–Kier alpha value is -2.19. The van der Waals surface area contributed by atoms with Gasteiger partial charge in [0.1, 0.15) is 11.5 Å². The Balaban J connectivity index is 2.76. The highest BCUT2D eigenvalue weighted by Crippen LogP contribution is 2.02. The summed E-state index contributed by atoms with van der Waals surface area (Å²) in [6.07, 6.45) is 2.99. The van der Waals surface area contributed by atoms with E-state index in [1.54, 1.807) is 30.3 Å². The topological polar surface area (TPSA) is 59.1 Å². The molecule has 0 atom stereocenters. The number of carbonyl (C=O) groups excluding carboxylic acids is 2. The Bertz CT molecular complexity index is 406. The Morgan fingerprint density at radius 1 is 1.60 bits per heavy atom. The second-order valence-corrected chi connectivity index (χ2v) is 2.76. The van der Waals surface area contributed by atoms with Gasteiger partial charge >= 0.3 is 0 Å². The van der Waals surface area contributed by atoms with Crippen LogP contribution in [0.3, 0.4) is 0 Å². The number of nitrogens with one attached hydrogen (secondary N) is 1. The lowest BCUT2D eigenvalue weighted by molar-refractivity contribution is -0.116. The molecule has 0 aliphatic carbocycles. The van der Waals surface area contributed by atoms with Crippen LogP contribution in [0.25, 0.3) is 0 Å². The second-order valence-electron chi connectivity index (χ2n) is 2.76. The summed E-state index contributed by atoms with van der Waals surface area (Å²) in [5, 5.41) is 2.31. The van der Waals surface area contributed by atoms with Crippen molar-refractivity contribution in [2.45, 2.75) is 6.42 Å². The molecule has 0 saturated carbocycles. The third-order valence-electron chi connectivity index (χ3n) is 1.71. The number of hydrogen-bond donors (Lipinski definition) is 1. The first kappa shape index (κ1) is 10.9. The van der Waals surface area contributed by atoms with Gasteiger partial charge in [-0.15, -0.1) is 0 Å². The highest BCUT2D eigenvalue weighted by molar-refractivity contribution is 6.01. The normalized spacial score (nSPS) is 8.80. The maximum absolute atomic E-state index is 11.3. The van der Waals surface area contributed by atoms with Crippen molar-refractivity contribution in [2.24, 2.45) is 0 Å². The van der Waals surface area contributed by atoms with Gasteiger partial charge in [0.25, 0.3) is 5.91 Å². The Labute approximate surface area is 87.3 Å². The van der Waals surface area contributed by atoms with E-state index in [0.717, 1.165) is 0 Å². The molecule has 0 aromatic carbocycles. The Morgan fingerprint density at radius 3 is 2.93 bits per heavy atom. The third-order valence-corrected chi connectivity index (χ3v) is 1.71. The van der Waals surface area contributed by atoms with Gasteiger partial charge < -0.3 is 5.32 Å². The van der Waals surface area contributed by atoms with Crippen LogP contribution in [0.2, 0.25) is 0 Å². The molecule has 0 saturated heterocycles. The molecule has 76 valence electrons. The zero-order valence-corrected chi connectivity index (χ0v) is 8.06. The summed E-state index contributed by atoms with van der Waals surface area (Å²) in [5.41, 5.74) is 0.656. The fourth-order valence-electron chi connectivity index (χ4n) is 1.03. The minimum atomic E-state index is -0.495. The summed E-state index contributed by atoms with van der Waals surface area (Å²) in [5.74, 6) is 1.11. The number of hydrogen-bond acceptors (Lipinski definition) is 3. The fraction of sp³-hybridized carbons (Fsp3) is 0.0909. The number of pyridine rings is 1. The molecule has 0 radical (unpaired) electrons. The molecule has 0 aliphatic rings. The van der Waals surface area contributed by atoms with Gasteiger partial charge in [-0.1, -0.05) is 12.6 Å². The second kappa shape index (κ2) is 5.52. The summed E-state index contributed by atoms with van der Waals surface area (Å²) in [4.78, 5) is 25.8. The summed E-state index contributed by atoms with van der Waals surface area (Å²) in [6.45, 7) is 3.33. The van der Waals surface area contributed by atoms with Crippen molar-refractivity contribution >= 4 is 11.8 Å². The van der Waals surface area contributed by atoms with Gasteiger partial charge in [-0.05, 0) is 18.3 Å². The molecule has 0 aliphatic heterocycles. The van der Waals surface area contributed by atoms with Crippen LogP contribution in [0.4, 0.5) is 0 Å². The highest BCUT2D eigenvalue weighted by atomic mass is 16.2. The number of carbonyl (C=O) groups is 1. The highest BCUT2D eigenvalue weighted by Gasteiger charge is 2.10. The van der Waals surface area contributed by atoms with Crippen molar-refractivity contribution in [3.63, 3.8) is 0 Å². The Kier molecular flexibility index (Phi) is 4.01. The standard InChI is InChI=1S/C11H10N2O2/c1-2-12-11(15)9(8-14)7-10-5-3-4-6-13-10/h2-6H,1,7H2,(H,12,15). The first-order chi connectivity index (χ1) is 7.27. The van der Waals surface area contributed by atoms with Gasteiger partial charge in [0.2, 0.25) is 0 Å². The summed E-state index contributed by atoms with van der Waals surface area (Å²) >= 11 is 0. The molecule has 1 N–H and O–H groups in total. The molecule has 4 heteroatoms. The van der Waals surface area contributed by atoms with Crippen molar-refractivity contribution in [1.29, 1.82) is 0 Å². The first-order valence-corrected chi connectivity index (χ1v) is 4.33. The zero-order valence-electron chi connectivity index (χ0n) is 8.06. The molecule has 1 heterocycles. The molecule has 1 amide bonds. The quantitative estimate of drug-likeness (QED) is 0.575. The van der Waals surface area contributed by atoms with Crippen LogP contribution in [0.5, 0.6) is 0 Å². The first-order valence-electron chi connectivity index (χ1n) is 4.33. The maximum Gasteiger partial charge on any atom is 0.262 e. The van der Waals surface area contributed by atoms with E-state index in [-0.39, 0.29) is 12.0 Å². The largest absolute Gasteiger partial charge is 0.329 e. The minimum Gasteiger partial charge on any atom is -0.329 e. The van der Waals surface area contributed by atoms with E-state index in [9.17, 15) is 9.59 Å². The van der Waals surface area contributed by atoms with Gasteiger partial charge in [-0.25, -0.2) is 4.79 Å². The van der Waals surface area contributed by atoms with Gasteiger partial charge in [0.05, 0.1) is 0 Å². The van der Waals surface area contributed by atoms with Crippen LogP contribution in [0.1, 0.15) is 5.69 Å². The molecule has 0 spiro atoms. The monoisotopic (exact) mass is 202 g/mol. The zero-order chi connectivity index (χ0) is 11.1. The van der Waals surface area contributed by atoms with Gasteiger partial charge in [-0.2, -0.15) is 0 Å². The van der Waals surface area contributed by atoms with E-state index in [0.29, 0.717) is 5.69 Å². The van der Waals surface area contributed by atoms with E-state index < -0.39 is 5.91 Å². The van der Waals surface area contributed by atoms with Crippen LogP contribution in [-0.4, -0.2) is 16.8 Å². The number of rotatable bonds is 4. The average Bonchev–Trinajstić information content (AvgIpc) is 2.27. The van der Waals surface area contributed by atoms with Crippen LogP contribution >= 0.6 is 0 Å². The van der Waals surface area contributed by atoms with Gasteiger partial charge in [-0.3, -0.25) is 9.78 Å². The molecule has 0 bridgehead atoms. The van der Waals surface area contributed by atoms with Crippen molar-refractivity contribution in [3.8, 4) is 0 Å². The Morgan fingerprint density at radius 2 is 2.40 bits per heavy atom. The smallest absolute Gasteiger partial charge is 0.262 e. The van der Waals surface area contributed by atoms with Gasteiger partial charge in [0, 0.05) is 18.3 Å². The van der Waals surface area contributed by atoms with E-state index in [4.69, 9.17) is 0 Å². The molecule has 0 unspecified atom stereocenters. The van der Waals surface area contributed by atoms with E-state index in [1.807, 2.05) is 0 Å². The molecule has 1 rings (SSSR count). The molecule has 4 nitrogen and oxygen atoms in total. The minimum absolute atomic E-state index is 0.00796. The lowest BCUT2D eigenvalue weighted by Crippen LogP contribution is -2.20. The van der Waals surface area contributed by atoms with Gasteiger partial charge in [0.15, 0.2) is 0 Å². The van der Waals surface area contributed by atoms with Crippen molar-refractivity contribution in [2.75, 3.05) is 0 Å². The average molecular weight is 202 g/mol. The number of amides is 1. The molecule has 1 aromatic rings. The molecule has 1 aromatic heterocycles. The fourth-order valence-corrected chi connectivity index (χ4v) is 1.03. The van der Waals surface area contributed by atoms with E-state index in [1.165, 1.54) is 6.20 Å². The van der Waals surface area contributed by atoms with Crippen LogP contribution in [0, 0.1) is 0 Å².